The SMILES string of the molecule is CCC(C)OC(=O)C(F)(F)C(F)(F)C(=O)O. The lowest BCUT2D eigenvalue weighted by Crippen LogP contribution is -2.53. The van der Waals surface area contributed by atoms with Gasteiger partial charge >= 0.3 is 23.8 Å². The molecule has 0 saturated heterocycles. The van der Waals surface area contributed by atoms with Crippen LogP contribution in [0.3, 0.4) is 0 Å². The number of carbonyl (C=O) groups excluding carboxylic acids is 1. The third-order valence-electron chi connectivity index (χ3n) is 1.80. The molecule has 0 fully saturated rings. The van der Waals surface area contributed by atoms with Gasteiger partial charge in [-0.3, -0.25) is 0 Å². The van der Waals surface area contributed by atoms with Crippen LogP contribution >= 0.6 is 0 Å². The van der Waals surface area contributed by atoms with E-state index in [4.69, 9.17) is 5.11 Å². The molecule has 0 heterocycles. The van der Waals surface area contributed by atoms with E-state index in [2.05, 4.69) is 4.74 Å². The Morgan fingerprint density at radius 3 is 2.00 bits per heavy atom. The molecule has 16 heavy (non-hydrogen) atoms. The summed E-state index contributed by atoms with van der Waals surface area (Å²) < 4.78 is 54.4. The minimum Gasteiger partial charge on any atom is -0.477 e. The minimum atomic E-state index is -5.49. The molecule has 0 aliphatic carbocycles. The van der Waals surface area contributed by atoms with Gasteiger partial charge in [0.25, 0.3) is 0 Å². The Morgan fingerprint density at radius 1 is 1.25 bits per heavy atom. The lowest BCUT2D eigenvalue weighted by atomic mass is 10.1. The molecule has 8 heteroatoms. The van der Waals surface area contributed by atoms with E-state index in [1.54, 1.807) is 0 Å². The number of esters is 1. The normalized spacial score (nSPS) is 14.4. The largest absolute Gasteiger partial charge is 0.477 e. The van der Waals surface area contributed by atoms with E-state index >= 15 is 0 Å². The zero-order chi connectivity index (χ0) is 13.1. The second kappa shape index (κ2) is 4.67. The van der Waals surface area contributed by atoms with E-state index in [1.807, 2.05) is 0 Å². The summed E-state index contributed by atoms with van der Waals surface area (Å²) in [6.07, 6.45) is -0.858. The third kappa shape index (κ3) is 2.61. The summed E-state index contributed by atoms with van der Waals surface area (Å²) in [4.78, 5) is 20.6. The lowest BCUT2D eigenvalue weighted by Gasteiger charge is -2.22. The van der Waals surface area contributed by atoms with Crippen molar-refractivity contribution in [2.45, 2.75) is 38.2 Å². The Balaban J connectivity index is 4.92. The summed E-state index contributed by atoms with van der Waals surface area (Å²) in [7, 11) is 0. The second-order valence-corrected chi connectivity index (χ2v) is 3.08. The Hall–Kier alpha value is -1.34. The average Bonchev–Trinajstić information content (AvgIpc) is 2.16. The first-order valence-corrected chi connectivity index (χ1v) is 4.27. The van der Waals surface area contributed by atoms with Crippen LogP contribution < -0.4 is 0 Å². The molecular weight excluding hydrogens is 236 g/mol. The van der Waals surface area contributed by atoms with E-state index in [1.165, 1.54) is 13.8 Å². The third-order valence-corrected chi connectivity index (χ3v) is 1.80. The van der Waals surface area contributed by atoms with Crippen molar-refractivity contribution in [3.63, 3.8) is 0 Å². The summed E-state index contributed by atoms with van der Waals surface area (Å²) in [5.41, 5.74) is 0. The number of halogens is 4. The Kier molecular flexibility index (Phi) is 4.28. The van der Waals surface area contributed by atoms with Gasteiger partial charge in [0.05, 0.1) is 6.10 Å². The van der Waals surface area contributed by atoms with Crippen LogP contribution in [-0.4, -0.2) is 35.0 Å². The van der Waals surface area contributed by atoms with E-state index in [-0.39, 0.29) is 6.42 Å². The molecule has 0 saturated carbocycles. The van der Waals surface area contributed by atoms with E-state index in [9.17, 15) is 27.2 Å². The number of rotatable bonds is 5. The highest BCUT2D eigenvalue weighted by Gasteiger charge is 2.68. The first-order chi connectivity index (χ1) is 7.07. The fourth-order valence-corrected chi connectivity index (χ4v) is 0.603. The summed E-state index contributed by atoms with van der Waals surface area (Å²) in [5, 5.41) is 7.88. The molecule has 4 nitrogen and oxygen atoms in total. The van der Waals surface area contributed by atoms with Gasteiger partial charge in [-0.2, -0.15) is 17.6 Å². The standard InChI is InChI=1S/C8H10F4O4/c1-3-4(2)16-6(15)8(11,12)7(9,10)5(13)14/h4H,3H2,1-2H3,(H,13,14). The molecular formula is C8H10F4O4. The number of hydrogen-bond donors (Lipinski definition) is 1. The molecule has 1 N–H and O–H groups in total. The van der Waals surface area contributed by atoms with E-state index < -0.39 is 29.9 Å². The zero-order valence-corrected chi connectivity index (χ0v) is 8.47. The Morgan fingerprint density at radius 2 is 1.69 bits per heavy atom. The van der Waals surface area contributed by atoms with Crippen LogP contribution in [0.4, 0.5) is 17.6 Å². The summed E-state index contributed by atoms with van der Waals surface area (Å²) in [6, 6.07) is 0. The van der Waals surface area contributed by atoms with Gasteiger partial charge in [-0.05, 0) is 13.3 Å². The molecule has 1 atom stereocenters. The molecule has 1 unspecified atom stereocenters. The zero-order valence-electron chi connectivity index (χ0n) is 8.47. The van der Waals surface area contributed by atoms with Crippen molar-refractivity contribution >= 4 is 11.9 Å². The van der Waals surface area contributed by atoms with Crippen molar-refractivity contribution in [1.29, 1.82) is 0 Å². The van der Waals surface area contributed by atoms with Gasteiger partial charge in [-0.15, -0.1) is 0 Å². The maximum atomic E-state index is 12.7. The van der Waals surface area contributed by atoms with Crippen molar-refractivity contribution in [2.24, 2.45) is 0 Å². The van der Waals surface area contributed by atoms with Gasteiger partial charge in [0.2, 0.25) is 0 Å². The molecule has 0 amide bonds. The summed E-state index contributed by atoms with van der Waals surface area (Å²) in [6.45, 7) is 2.69. The molecule has 0 radical (unpaired) electrons. The van der Waals surface area contributed by atoms with Crippen molar-refractivity contribution in [3.05, 3.63) is 0 Å². The number of hydrogen-bond acceptors (Lipinski definition) is 3. The maximum Gasteiger partial charge on any atom is 0.415 e. The van der Waals surface area contributed by atoms with Crippen molar-refractivity contribution in [1.82, 2.24) is 0 Å². The fraction of sp³-hybridized carbons (Fsp3) is 0.750. The molecule has 0 aromatic rings. The lowest BCUT2D eigenvalue weighted by molar-refractivity contribution is -0.237. The van der Waals surface area contributed by atoms with Gasteiger partial charge in [-0.25, -0.2) is 9.59 Å². The highest BCUT2D eigenvalue weighted by atomic mass is 19.3. The Labute approximate surface area is 88.2 Å². The van der Waals surface area contributed by atoms with Crippen LogP contribution in [-0.2, 0) is 14.3 Å². The van der Waals surface area contributed by atoms with Crippen LogP contribution in [0.15, 0.2) is 0 Å². The van der Waals surface area contributed by atoms with Crippen LogP contribution in [0.1, 0.15) is 20.3 Å². The van der Waals surface area contributed by atoms with Crippen molar-refractivity contribution in [2.75, 3.05) is 0 Å². The van der Waals surface area contributed by atoms with E-state index in [0.717, 1.165) is 0 Å². The predicted octanol–water partition coefficient (Wildman–Crippen LogP) is 1.68. The van der Waals surface area contributed by atoms with Gasteiger partial charge in [0.1, 0.15) is 0 Å². The molecule has 0 rings (SSSR count). The van der Waals surface area contributed by atoms with Crippen LogP contribution in [0.5, 0.6) is 0 Å². The number of carboxylic acid groups (broad SMARTS) is 1. The smallest absolute Gasteiger partial charge is 0.415 e. The quantitative estimate of drug-likeness (QED) is 0.592. The Bertz CT molecular complexity index is 290. The van der Waals surface area contributed by atoms with Crippen LogP contribution in [0, 0.1) is 0 Å². The highest BCUT2D eigenvalue weighted by Crippen LogP contribution is 2.35. The first-order valence-electron chi connectivity index (χ1n) is 4.27. The second-order valence-electron chi connectivity index (χ2n) is 3.08. The van der Waals surface area contributed by atoms with Gasteiger partial charge in [-0.1, -0.05) is 6.92 Å². The summed E-state index contributed by atoms with van der Waals surface area (Å²) >= 11 is 0. The number of alkyl halides is 4. The van der Waals surface area contributed by atoms with Crippen molar-refractivity contribution < 1.29 is 37.0 Å². The summed E-state index contributed by atoms with van der Waals surface area (Å²) in [5.74, 6) is -16.5. The molecule has 0 aromatic heterocycles. The molecule has 0 bridgehead atoms. The van der Waals surface area contributed by atoms with Crippen LogP contribution in [0.25, 0.3) is 0 Å². The average molecular weight is 246 g/mol. The molecule has 0 spiro atoms. The molecule has 0 aliphatic rings. The fourth-order valence-electron chi connectivity index (χ4n) is 0.603. The molecule has 0 aromatic carbocycles. The van der Waals surface area contributed by atoms with Gasteiger partial charge in [0, 0.05) is 0 Å². The minimum absolute atomic E-state index is 0.139. The maximum absolute atomic E-state index is 12.7. The molecule has 0 aliphatic heterocycles. The van der Waals surface area contributed by atoms with Crippen molar-refractivity contribution in [3.8, 4) is 0 Å². The number of carbonyl (C=O) groups is 2. The monoisotopic (exact) mass is 246 g/mol. The van der Waals surface area contributed by atoms with Gasteiger partial charge < -0.3 is 9.84 Å². The number of aliphatic carboxylic acids is 1. The first kappa shape index (κ1) is 14.7. The van der Waals surface area contributed by atoms with Crippen LogP contribution in [0.2, 0.25) is 0 Å². The topological polar surface area (TPSA) is 63.6 Å². The number of ether oxygens (including phenoxy) is 1. The number of carboxylic acids is 1. The molecule has 94 valence electrons. The van der Waals surface area contributed by atoms with E-state index in [0.29, 0.717) is 0 Å². The predicted molar refractivity (Wildman–Crippen MR) is 43.4 cm³/mol. The van der Waals surface area contributed by atoms with Gasteiger partial charge in [0.15, 0.2) is 0 Å². The highest BCUT2D eigenvalue weighted by molar-refractivity contribution is 5.89.